The van der Waals surface area contributed by atoms with Crippen LogP contribution in [-0.2, 0) is 4.79 Å². The van der Waals surface area contributed by atoms with E-state index in [2.05, 4.69) is 21.9 Å². The van der Waals surface area contributed by atoms with Crippen LogP contribution in [0.1, 0.15) is 30.2 Å². The lowest BCUT2D eigenvalue weighted by atomic mass is 10.1. The first-order valence-corrected chi connectivity index (χ1v) is 7.30. The van der Waals surface area contributed by atoms with Crippen molar-refractivity contribution in [2.45, 2.75) is 33.2 Å². The summed E-state index contributed by atoms with van der Waals surface area (Å²) in [5.41, 5.74) is 5.81. The van der Waals surface area contributed by atoms with E-state index in [1.54, 1.807) is 18.4 Å². The molecule has 2 N–H and O–H groups in total. The Morgan fingerprint density at radius 2 is 2.18 bits per heavy atom. The third kappa shape index (κ3) is 4.22. The van der Waals surface area contributed by atoms with Crippen molar-refractivity contribution >= 4 is 17.8 Å². The Morgan fingerprint density at radius 3 is 2.82 bits per heavy atom. The Hall–Kier alpha value is -2.56. The predicted octanol–water partition coefficient (Wildman–Crippen LogP) is 3.24. The highest BCUT2D eigenvalue weighted by atomic mass is 16.3. The maximum atomic E-state index is 12.2. The van der Waals surface area contributed by atoms with Crippen molar-refractivity contribution in [2.24, 2.45) is 5.10 Å². The standard InChI is InChI=1S/C17H21N3O2/c1-4-15(19-16-8-7-12(2)10-13(16)3)17(21)20-18-11-14-6-5-9-22-14/h5-11,15,19H,4H2,1-3H3,(H,20,21)/b18-11+. The second-order valence-electron chi connectivity index (χ2n) is 5.17. The van der Waals surface area contributed by atoms with Gasteiger partial charge in [0.2, 0.25) is 0 Å². The summed E-state index contributed by atoms with van der Waals surface area (Å²) in [5, 5.41) is 7.16. The molecule has 5 nitrogen and oxygen atoms in total. The first-order valence-electron chi connectivity index (χ1n) is 7.30. The molecule has 1 aromatic carbocycles. The van der Waals surface area contributed by atoms with Crippen molar-refractivity contribution in [1.82, 2.24) is 5.43 Å². The van der Waals surface area contributed by atoms with Crippen LogP contribution in [0, 0.1) is 13.8 Å². The molecule has 0 fully saturated rings. The highest BCUT2D eigenvalue weighted by Crippen LogP contribution is 2.17. The lowest BCUT2D eigenvalue weighted by Gasteiger charge is -2.18. The minimum atomic E-state index is -0.338. The Labute approximate surface area is 130 Å². The summed E-state index contributed by atoms with van der Waals surface area (Å²) in [6.45, 7) is 6.02. The molecule has 1 unspecified atom stereocenters. The van der Waals surface area contributed by atoms with Crippen LogP contribution in [-0.4, -0.2) is 18.2 Å². The summed E-state index contributed by atoms with van der Waals surface area (Å²) in [5.74, 6) is 0.418. The van der Waals surface area contributed by atoms with Crippen LogP contribution in [0.4, 0.5) is 5.69 Å². The van der Waals surface area contributed by atoms with E-state index in [9.17, 15) is 4.79 Å². The van der Waals surface area contributed by atoms with Crippen molar-refractivity contribution in [3.63, 3.8) is 0 Å². The molecule has 0 aliphatic rings. The van der Waals surface area contributed by atoms with Crippen LogP contribution in [0.5, 0.6) is 0 Å². The Bertz CT molecular complexity index is 648. The lowest BCUT2D eigenvalue weighted by Crippen LogP contribution is -2.37. The fourth-order valence-corrected chi connectivity index (χ4v) is 2.12. The van der Waals surface area contributed by atoms with Crippen LogP contribution in [0.25, 0.3) is 0 Å². The molecule has 1 atom stereocenters. The summed E-state index contributed by atoms with van der Waals surface area (Å²) < 4.78 is 5.11. The molecule has 116 valence electrons. The van der Waals surface area contributed by atoms with E-state index in [0.717, 1.165) is 11.3 Å². The normalized spacial score (nSPS) is 12.3. The van der Waals surface area contributed by atoms with E-state index in [1.807, 2.05) is 32.9 Å². The van der Waals surface area contributed by atoms with Gasteiger partial charge < -0.3 is 9.73 Å². The van der Waals surface area contributed by atoms with Crippen LogP contribution < -0.4 is 10.7 Å². The molecular weight excluding hydrogens is 278 g/mol. The van der Waals surface area contributed by atoms with Crippen molar-refractivity contribution in [3.8, 4) is 0 Å². The van der Waals surface area contributed by atoms with Crippen LogP contribution in [0.15, 0.2) is 46.1 Å². The van der Waals surface area contributed by atoms with Crippen LogP contribution in [0.3, 0.4) is 0 Å². The molecule has 22 heavy (non-hydrogen) atoms. The molecular formula is C17H21N3O2. The first-order chi connectivity index (χ1) is 10.6. The van der Waals surface area contributed by atoms with Gasteiger partial charge in [0.25, 0.3) is 5.91 Å². The van der Waals surface area contributed by atoms with Gasteiger partial charge in [0.05, 0.1) is 12.5 Å². The fraction of sp³-hybridized carbons (Fsp3) is 0.294. The number of anilines is 1. The molecule has 0 saturated heterocycles. The van der Waals surface area contributed by atoms with Gasteiger partial charge in [-0.25, -0.2) is 5.43 Å². The molecule has 0 aliphatic carbocycles. The number of amides is 1. The van der Waals surface area contributed by atoms with Crippen molar-refractivity contribution in [2.75, 3.05) is 5.32 Å². The SMILES string of the molecule is CCC(Nc1ccc(C)cc1C)C(=O)N/N=C/c1ccco1. The number of hydrazone groups is 1. The number of aryl methyl sites for hydroxylation is 2. The number of carbonyl (C=O) groups excluding carboxylic acids is 1. The van der Waals surface area contributed by atoms with Crippen molar-refractivity contribution in [1.29, 1.82) is 0 Å². The predicted molar refractivity (Wildman–Crippen MR) is 88.1 cm³/mol. The van der Waals surface area contributed by atoms with Gasteiger partial charge in [-0.3, -0.25) is 4.79 Å². The quantitative estimate of drug-likeness (QED) is 0.635. The van der Waals surface area contributed by atoms with Gasteiger partial charge in [-0.1, -0.05) is 24.6 Å². The molecule has 0 saturated carbocycles. The maximum Gasteiger partial charge on any atom is 0.262 e. The van der Waals surface area contributed by atoms with Gasteiger partial charge in [-0.15, -0.1) is 0 Å². The first kappa shape index (κ1) is 15.8. The molecule has 1 amide bonds. The molecule has 0 aliphatic heterocycles. The van der Waals surface area contributed by atoms with E-state index in [1.165, 1.54) is 11.8 Å². The number of hydrogen-bond donors (Lipinski definition) is 2. The number of carbonyl (C=O) groups is 1. The highest BCUT2D eigenvalue weighted by Gasteiger charge is 2.16. The van der Waals surface area contributed by atoms with E-state index in [0.29, 0.717) is 12.2 Å². The van der Waals surface area contributed by atoms with E-state index >= 15 is 0 Å². The average molecular weight is 299 g/mol. The Balaban J connectivity index is 1.96. The average Bonchev–Trinajstić information content (AvgIpc) is 2.99. The summed E-state index contributed by atoms with van der Waals surface area (Å²) >= 11 is 0. The van der Waals surface area contributed by atoms with Crippen LogP contribution >= 0.6 is 0 Å². The summed E-state index contributed by atoms with van der Waals surface area (Å²) in [4.78, 5) is 12.2. The number of nitrogens with zero attached hydrogens (tertiary/aromatic N) is 1. The van der Waals surface area contributed by atoms with Gasteiger partial charge in [0, 0.05) is 5.69 Å². The molecule has 0 radical (unpaired) electrons. The van der Waals surface area contributed by atoms with Crippen LogP contribution in [0.2, 0.25) is 0 Å². The molecule has 0 bridgehead atoms. The molecule has 1 heterocycles. The summed E-state index contributed by atoms with van der Waals surface area (Å²) in [7, 11) is 0. The third-order valence-corrected chi connectivity index (χ3v) is 3.35. The largest absolute Gasteiger partial charge is 0.463 e. The smallest absolute Gasteiger partial charge is 0.262 e. The van der Waals surface area contributed by atoms with Gasteiger partial charge in [0.1, 0.15) is 11.8 Å². The topological polar surface area (TPSA) is 66.6 Å². The van der Waals surface area contributed by atoms with E-state index in [-0.39, 0.29) is 11.9 Å². The zero-order chi connectivity index (χ0) is 15.9. The minimum Gasteiger partial charge on any atom is -0.463 e. The molecule has 2 rings (SSSR count). The minimum absolute atomic E-state index is 0.176. The second kappa shape index (κ2) is 7.45. The van der Waals surface area contributed by atoms with Crippen molar-refractivity contribution < 1.29 is 9.21 Å². The fourth-order valence-electron chi connectivity index (χ4n) is 2.12. The Kier molecular flexibility index (Phi) is 5.36. The number of rotatable bonds is 6. The zero-order valence-electron chi connectivity index (χ0n) is 13.1. The molecule has 1 aromatic heterocycles. The summed E-state index contributed by atoms with van der Waals surface area (Å²) in [6.07, 6.45) is 3.69. The van der Waals surface area contributed by atoms with E-state index in [4.69, 9.17) is 4.42 Å². The molecule has 5 heteroatoms. The number of benzene rings is 1. The van der Waals surface area contributed by atoms with Gasteiger partial charge in [0.15, 0.2) is 0 Å². The number of hydrogen-bond acceptors (Lipinski definition) is 4. The van der Waals surface area contributed by atoms with Gasteiger partial charge in [-0.05, 0) is 44.0 Å². The third-order valence-electron chi connectivity index (χ3n) is 3.35. The van der Waals surface area contributed by atoms with Gasteiger partial charge >= 0.3 is 0 Å². The number of furan rings is 1. The van der Waals surface area contributed by atoms with Gasteiger partial charge in [-0.2, -0.15) is 5.10 Å². The van der Waals surface area contributed by atoms with E-state index < -0.39 is 0 Å². The monoisotopic (exact) mass is 299 g/mol. The Morgan fingerprint density at radius 1 is 1.36 bits per heavy atom. The van der Waals surface area contributed by atoms with Crippen molar-refractivity contribution in [3.05, 3.63) is 53.5 Å². The second-order valence-corrected chi connectivity index (χ2v) is 5.17. The lowest BCUT2D eigenvalue weighted by molar-refractivity contribution is -0.121. The molecule has 0 spiro atoms. The highest BCUT2D eigenvalue weighted by molar-refractivity contribution is 5.86. The molecule has 2 aromatic rings. The maximum absolute atomic E-state index is 12.2. The number of nitrogens with one attached hydrogen (secondary N) is 2. The summed E-state index contributed by atoms with van der Waals surface area (Å²) in [6, 6.07) is 9.29. The zero-order valence-corrected chi connectivity index (χ0v) is 13.1.